The summed E-state index contributed by atoms with van der Waals surface area (Å²) in [6.45, 7) is 5.35. The van der Waals surface area contributed by atoms with Crippen LogP contribution in [0.4, 0.5) is 0 Å². The third-order valence-corrected chi connectivity index (χ3v) is 5.11. The van der Waals surface area contributed by atoms with Gasteiger partial charge in [0.05, 0.1) is 11.0 Å². The van der Waals surface area contributed by atoms with Crippen LogP contribution in [0.5, 0.6) is 0 Å². The lowest BCUT2D eigenvalue weighted by molar-refractivity contribution is -0.133. The number of nitrogens with zero attached hydrogens (tertiary/aromatic N) is 3. The topological polar surface area (TPSA) is 50.2 Å². The molecule has 0 bridgehead atoms. The number of aryl methyl sites for hydroxylation is 1. The van der Waals surface area contributed by atoms with Crippen molar-refractivity contribution in [2.24, 2.45) is 5.92 Å². The summed E-state index contributed by atoms with van der Waals surface area (Å²) in [6.07, 6.45) is 4.30. The summed E-state index contributed by atoms with van der Waals surface area (Å²) in [5, 5.41) is 3.22. The smallest absolute Gasteiger partial charge is 0.242 e. The van der Waals surface area contributed by atoms with Crippen molar-refractivity contribution in [1.82, 2.24) is 19.8 Å². The summed E-state index contributed by atoms with van der Waals surface area (Å²) in [5.41, 5.74) is 2.04. The molecular formula is C19H28N4O. The molecule has 0 atom stereocenters. The number of carbonyl (C=O) groups excluding carboxylic acids is 1. The number of piperidine rings is 1. The lowest BCUT2D eigenvalue weighted by atomic mass is 9.93. The van der Waals surface area contributed by atoms with Crippen molar-refractivity contribution in [2.45, 2.75) is 39.2 Å². The summed E-state index contributed by atoms with van der Waals surface area (Å²) in [6, 6.07) is 8.08. The fourth-order valence-corrected chi connectivity index (χ4v) is 3.63. The molecule has 24 heavy (non-hydrogen) atoms. The first kappa shape index (κ1) is 17.0. The Bertz CT molecular complexity index is 686. The number of likely N-dealkylation sites (tertiary alicyclic amines) is 1. The molecular weight excluding hydrogens is 300 g/mol. The van der Waals surface area contributed by atoms with E-state index < -0.39 is 0 Å². The van der Waals surface area contributed by atoms with Crippen LogP contribution in [0.15, 0.2) is 24.3 Å². The average Bonchev–Trinajstić information content (AvgIpc) is 2.98. The zero-order chi connectivity index (χ0) is 16.9. The molecule has 1 fully saturated rings. The third kappa shape index (κ3) is 3.61. The molecule has 1 aliphatic heterocycles. The van der Waals surface area contributed by atoms with E-state index in [1.54, 1.807) is 0 Å². The maximum atomic E-state index is 12.8. The van der Waals surface area contributed by atoms with Gasteiger partial charge < -0.3 is 14.8 Å². The van der Waals surface area contributed by atoms with Gasteiger partial charge in [0, 0.05) is 19.5 Å². The molecule has 0 unspecified atom stereocenters. The lowest BCUT2D eigenvalue weighted by Crippen LogP contribution is -2.40. The Kier molecular flexibility index (Phi) is 5.51. The van der Waals surface area contributed by atoms with Gasteiger partial charge in [-0.25, -0.2) is 4.98 Å². The maximum Gasteiger partial charge on any atom is 0.242 e. The Labute approximate surface area is 144 Å². The second-order valence-corrected chi connectivity index (χ2v) is 6.67. The van der Waals surface area contributed by atoms with Gasteiger partial charge in [-0.1, -0.05) is 19.1 Å². The van der Waals surface area contributed by atoms with E-state index in [-0.39, 0.29) is 5.91 Å². The summed E-state index contributed by atoms with van der Waals surface area (Å²) in [4.78, 5) is 19.5. The first-order chi connectivity index (χ1) is 11.7. The Hall–Kier alpha value is -1.88. The van der Waals surface area contributed by atoms with E-state index >= 15 is 0 Å². The summed E-state index contributed by atoms with van der Waals surface area (Å²) < 4.78 is 2.09. The summed E-state index contributed by atoms with van der Waals surface area (Å²) in [5.74, 6) is 1.97. The van der Waals surface area contributed by atoms with Crippen LogP contribution in [0.1, 0.15) is 32.0 Å². The first-order valence-electron chi connectivity index (χ1n) is 9.09. The number of carbonyl (C=O) groups is 1. The fourth-order valence-electron chi connectivity index (χ4n) is 3.63. The van der Waals surface area contributed by atoms with Gasteiger partial charge in [-0.3, -0.25) is 4.79 Å². The van der Waals surface area contributed by atoms with E-state index in [2.05, 4.69) is 27.9 Å². The van der Waals surface area contributed by atoms with Crippen molar-refractivity contribution in [1.29, 1.82) is 0 Å². The quantitative estimate of drug-likeness (QED) is 0.886. The Morgan fingerprint density at radius 1 is 1.29 bits per heavy atom. The van der Waals surface area contributed by atoms with Crippen LogP contribution in [-0.2, 0) is 17.8 Å². The Morgan fingerprint density at radius 2 is 2.04 bits per heavy atom. The van der Waals surface area contributed by atoms with Gasteiger partial charge in [0.25, 0.3) is 0 Å². The number of aromatic nitrogens is 2. The number of para-hydroxylation sites is 2. The van der Waals surface area contributed by atoms with Gasteiger partial charge in [0.1, 0.15) is 12.4 Å². The molecule has 1 amide bonds. The number of benzene rings is 1. The molecule has 0 spiro atoms. The largest absolute Gasteiger partial charge is 0.341 e. The number of rotatable bonds is 6. The molecule has 1 aliphatic rings. The minimum atomic E-state index is 0.222. The normalized spacial score (nSPS) is 16.0. The number of hydrogen-bond acceptors (Lipinski definition) is 3. The van der Waals surface area contributed by atoms with Gasteiger partial charge >= 0.3 is 0 Å². The molecule has 2 heterocycles. The monoisotopic (exact) mass is 328 g/mol. The molecule has 5 nitrogen and oxygen atoms in total. The van der Waals surface area contributed by atoms with E-state index in [1.807, 2.05) is 30.1 Å². The molecule has 0 radical (unpaired) electrons. The molecule has 0 aliphatic carbocycles. The highest BCUT2D eigenvalue weighted by Gasteiger charge is 2.23. The molecule has 1 aromatic heterocycles. The SMILES string of the molecule is CCc1nc2ccccc2n1CC(=O)N1CCC(CCNC)CC1. The predicted molar refractivity (Wildman–Crippen MR) is 97.0 cm³/mol. The van der Waals surface area contributed by atoms with Crippen LogP contribution in [0.3, 0.4) is 0 Å². The highest BCUT2D eigenvalue weighted by Crippen LogP contribution is 2.21. The van der Waals surface area contributed by atoms with E-state index in [0.29, 0.717) is 6.54 Å². The number of nitrogens with one attached hydrogen (secondary N) is 1. The van der Waals surface area contributed by atoms with Crippen molar-refractivity contribution in [3.63, 3.8) is 0 Å². The molecule has 1 N–H and O–H groups in total. The van der Waals surface area contributed by atoms with Crippen molar-refractivity contribution < 1.29 is 4.79 Å². The van der Waals surface area contributed by atoms with Gasteiger partial charge in [0.2, 0.25) is 5.91 Å². The molecule has 3 rings (SSSR count). The Morgan fingerprint density at radius 3 is 2.75 bits per heavy atom. The van der Waals surface area contributed by atoms with Gasteiger partial charge in [-0.15, -0.1) is 0 Å². The van der Waals surface area contributed by atoms with Crippen molar-refractivity contribution in [2.75, 3.05) is 26.7 Å². The number of fused-ring (bicyclic) bond motifs is 1. The van der Waals surface area contributed by atoms with Gasteiger partial charge in [-0.2, -0.15) is 0 Å². The minimum absolute atomic E-state index is 0.222. The van der Waals surface area contributed by atoms with Crippen molar-refractivity contribution >= 4 is 16.9 Å². The molecule has 1 saturated heterocycles. The highest BCUT2D eigenvalue weighted by molar-refractivity contribution is 5.81. The summed E-state index contributed by atoms with van der Waals surface area (Å²) >= 11 is 0. The Balaban J connectivity index is 1.65. The van der Waals surface area contributed by atoms with Crippen molar-refractivity contribution in [3.05, 3.63) is 30.1 Å². The molecule has 5 heteroatoms. The second kappa shape index (κ2) is 7.79. The summed E-state index contributed by atoms with van der Waals surface area (Å²) in [7, 11) is 2.00. The highest BCUT2D eigenvalue weighted by atomic mass is 16.2. The second-order valence-electron chi connectivity index (χ2n) is 6.67. The van der Waals surface area contributed by atoms with Crippen LogP contribution in [0.2, 0.25) is 0 Å². The van der Waals surface area contributed by atoms with Crippen LogP contribution in [0, 0.1) is 5.92 Å². The van der Waals surface area contributed by atoms with E-state index in [4.69, 9.17) is 0 Å². The molecule has 0 saturated carbocycles. The van der Waals surface area contributed by atoms with Crippen LogP contribution in [0.25, 0.3) is 11.0 Å². The van der Waals surface area contributed by atoms with Crippen LogP contribution in [-0.4, -0.2) is 47.0 Å². The predicted octanol–water partition coefficient (Wildman–Crippen LogP) is 2.45. The lowest BCUT2D eigenvalue weighted by Gasteiger charge is -2.32. The standard InChI is InChI=1S/C19H28N4O/c1-3-18-21-16-6-4-5-7-17(16)23(18)14-19(24)22-12-9-15(10-13-22)8-11-20-2/h4-7,15,20H,3,8-14H2,1-2H3. The number of amides is 1. The molecule has 2 aromatic rings. The fraction of sp³-hybridized carbons (Fsp3) is 0.579. The number of hydrogen-bond donors (Lipinski definition) is 1. The minimum Gasteiger partial charge on any atom is -0.341 e. The van der Waals surface area contributed by atoms with Crippen LogP contribution >= 0.6 is 0 Å². The van der Waals surface area contributed by atoms with Crippen molar-refractivity contribution in [3.8, 4) is 0 Å². The van der Waals surface area contributed by atoms with E-state index in [9.17, 15) is 4.79 Å². The van der Waals surface area contributed by atoms with Crippen LogP contribution < -0.4 is 5.32 Å². The average molecular weight is 328 g/mol. The van der Waals surface area contributed by atoms with E-state index in [1.165, 1.54) is 6.42 Å². The van der Waals surface area contributed by atoms with Gasteiger partial charge in [0.15, 0.2) is 0 Å². The molecule has 130 valence electrons. The van der Waals surface area contributed by atoms with E-state index in [0.717, 1.165) is 61.7 Å². The van der Waals surface area contributed by atoms with Gasteiger partial charge in [-0.05, 0) is 50.9 Å². The maximum absolute atomic E-state index is 12.8. The zero-order valence-electron chi connectivity index (χ0n) is 14.8. The third-order valence-electron chi connectivity index (χ3n) is 5.11. The number of imidazole rings is 1. The first-order valence-corrected chi connectivity index (χ1v) is 9.09. The molecule has 1 aromatic carbocycles. The zero-order valence-corrected chi connectivity index (χ0v) is 14.8.